The van der Waals surface area contributed by atoms with Crippen LogP contribution < -0.4 is 5.73 Å². The molecule has 88 valence electrons. The predicted octanol–water partition coefficient (Wildman–Crippen LogP) is -0.0253. The number of nitrogens with two attached hydrogens (primary N) is 1. The van der Waals surface area contributed by atoms with Crippen LogP contribution >= 0.6 is 0 Å². The molecule has 16 heavy (non-hydrogen) atoms. The maximum atomic E-state index is 11.8. The number of amides is 1. The number of carbonyl (C=O) groups excluding carboxylic acids is 1. The number of hydrogen-bond donors (Lipinski definition) is 1. The zero-order chi connectivity index (χ0) is 11.7. The Morgan fingerprint density at radius 2 is 2.44 bits per heavy atom. The first-order valence-electron chi connectivity index (χ1n) is 5.45. The molecule has 1 heterocycles. The maximum Gasteiger partial charge on any atom is 0.244 e. The Balaban J connectivity index is 1.82. The average molecular weight is 223 g/mol. The molecule has 1 aliphatic carbocycles. The van der Waals surface area contributed by atoms with E-state index in [-0.39, 0.29) is 18.4 Å². The van der Waals surface area contributed by atoms with E-state index in [0.29, 0.717) is 5.92 Å². The summed E-state index contributed by atoms with van der Waals surface area (Å²) in [6.45, 7) is 3.26. The summed E-state index contributed by atoms with van der Waals surface area (Å²) < 4.78 is 1.46. The van der Waals surface area contributed by atoms with E-state index in [1.807, 2.05) is 7.05 Å². The normalized spacial score (nSPS) is 23.1. The van der Waals surface area contributed by atoms with E-state index < -0.39 is 0 Å². The SMILES string of the molecule is CC1CC1CN(C)C(=O)Cn1cnc(N)n1. The Bertz CT molecular complexity index is 388. The smallest absolute Gasteiger partial charge is 0.244 e. The third-order valence-corrected chi connectivity index (χ3v) is 3.06. The fourth-order valence-electron chi connectivity index (χ4n) is 1.75. The van der Waals surface area contributed by atoms with Crippen LogP contribution in [0.4, 0.5) is 5.95 Å². The van der Waals surface area contributed by atoms with Crippen molar-refractivity contribution >= 4 is 11.9 Å². The predicted molar refractivity (Wildman–Crippen MR) is 59.3 cm³/mol. The van der Waals surface area contributed by atoms with Crippen molar-refractivity contribution in [2.24, 2.45) is 11.8 Å². The van der Waals surface area contributed by atoms with Gasteiger partial charge in [-0.2, -0.15) is 0 Å². The topological polar surface area (TPSA) is 77.0 Å². The third-order valence-electron chi connectivity index (χ3n) is 3.06. The molecular weight excluding hydrogens is 206 g/mol. The quantitative estimate of drug-likeness (QED) is 0.778. The number of carbonyl (C=O) groups is 1. The lowest BCUT2D eigenvalue weighted by Gasteiger charge is -2.16. The van der Waals surface area contributed by atoms with Gasteiger partial charge in [-0.15, -0.1) is 5.10 Å². The molecule has 1 amide bonds. The molecule has 1 aliphatic rings. The summed E-state index contributed by atoms with van der Waals surface area (Å²) in [5.74, 6) is 1.68. The summed E-state index contributed by atoms with van der Waals surface area (Å²) in [6, 6.07) is 0. The molecule has 1 aromatic heterocycles. The third kappa shape index (κ3) is 2.50. The van der Waals surface area contributed by atoms with Crippen LogP contribution in [0.1, 0.15) is 13.3 Å². The van der Waals surface area contributed by atoms with Crippen molar-refractivity contribution in [2.45, 2.75) is 19.9 Å². The van der Waals surface area contributed by atoms with Crippen molar-refractivity contribution < 1.29 is 4.79 Å². The van der Waals surface area contributed by atoms with Gasteiger partial charge < -0.3 is 10.6 Å². The number of aromatic nitrogens is 3. The van der Waals surface area contributed by atoms with E-state index in [1.54, 1.807) is 4.90 Å². The first-order chi connectivity index (χ1) is 7.56. The molecule has 2 N–H and O–H groups in total. The van der Waals surface area contributed by atoms with Crippen LogP contribution in [0.2, 0.25) is 0 Å². The van der Waals surface area contributed by atoms with Crippen molar-refractivity contribution in [2.75, 3.05) is 19.3 Å². The standard InChI is InChI=1S/C10H17N5O/c1-7-3-8(7)4-14(2)9(16)5-15-6-12-10(11)13-15/h6-8H,3-5H2,1-2H3,(H2,11,13). The largest absolute Gasteiger partial charge is 0.367 e. The molecule has 0 aromatic carbocycles. The molecular formula is C10H17N5O. The van der Waals surface area contributed by atoms with Crippen molar-refractivity contribution in [3.63, 3.8) is 0 Å². The number of anilines is 1. The van der Waals surface area contributed by atoms with Gasteiger partial charge in [0.05, 0.1) is 0 Å². The van der Waals surface area contributed by atoms with E-state index in [2.05, 4.69) is 17.0 Å². The van der Waals surface area contributed by atoms with Crippen LogP contribution in [-0.4, -0.2) is 39.2 Å². The number of nitrogen functional groups attached to an aromatic ring is 1. The number of rotatable bonds is 4. The van der Waals surface area contributed by atoms with E-state index >= 15 is 0 Å². The molecule has 6 heteroatoms. The molecule has 2 rings (SSSR count). The fourth-order valence-corrected chi connectivity index (χ4v) is 1.75. The van der Waals surface area contributed by atoms with Gasteiger partial charge in [-0.25, -0.2) is 9.67 Å². The summed E-state index contributed by atoms with van der Waals surface area (Å²) in [6.07, 6.45) is 2.70. The van der Waals surface area contributed by atoms with E-state index in [9.17, 15) is 4.79 Å². The van der Waals surface area contributed by atoms with Gasteiger partial charge in [0.1, 0.15) is 12.9 Å². The van der Waals surface area contributed by atoms with Gasteiger partial charge in [-0.05, 0) is 18.3 Å². The van der Waals surface area contributed by atoms with Gasteiger partial charge in [0.15, 0.2) is 0 Å². The van der Waals surface area contributed by atoms with Crippen LogP contribution in [0.15, 0.2) is 6.33 Å². The summed E-state index contributed by atoms with van der Waals surface area (Å²) >= 11 is 0. The summed E-state index contributed by atoms with van der Waals surface area (Å²) in [5.41, 5.74) is 5.37. The number of nitrogens with zero attached hydrogens (tertiary/aromatic N) is 4. The zero-order valence-electron chi connectivity index (χ0n) is 9.63. The van der Waals surface area contributed by atoms with Gasteiger partial charge in [-0.3, -0.25) is 4.79 Å². The molecule has 1 aromatic rings. The average Bonchev–Trinajstić information content (AvgIpc) is 2.73. The molecule has 6 nitrogen and oxygen atoms in total. The van der Waals surface area contributed by atoms with Gasteiger partial charge >= 0.3 is 0 Å². The van der Waals surface area contributed by atoms with E-state index in [4.69, 9.17) is 5.73 Å². The molecule has 0 saturated heterocycles. The zero-order valence-corrected chi connectivity index (χ0v) is 9.63. The molecule has 2 unspecified atom stereocenters. The maximum absolute atomic E-state index is 11.8. The molecule has 0 bridgehead atoms. The lowest BCUT2D eigenvalue weighted by atomic mass is 10.3. The van der Waals surface area contributed by atoms with Crippen molar-refractivity contribution in [3.05, 3.63) is 6.33 Å². The summed E-state index contributed by atoms with van der Waals surface area (Å²) in [7, 11) is 1.83. The molecule has 1 fully saturated rings. The molecule has 0 radical (unpaired) electrons. The number of likely N-dealkylation sites (N-methyl/N-ethyl adjacent to an activating group) is 1. The van der Waals surface area contributed by atoms with Gasteiger partial charge in [0.2, 0.25) is 11.9 Å². The second-order valence-corrected chi connectivity index (χ2v) is 4.55. The van der Waals surface area contributed by atoms with Crippen molar-refractivity contribution in [3.8, 4) is 0 Å². The second-order valence-electron chi connectivity index (χ2n) is 4.55. The number of hydrogen-bond acceptors (Lipinski definition) is 4. The highest BCUT2D eigenvalue weighted by atomic mass is 16.2. The molecule has 1 saturated carbocycles. The van der Waals surface area contributed by atoms with Gasteiger partial charge in [0, 0.05) is 13.6 Å². The van der Waals surface area contributed by atoms with Crippen LogP contribution in [-0.2, 0) is 11.3 Å². The van der Waals surface area contributed by atoms with Crippen LogP contribution in [0, 0.1) is 11.8 Å². The van der Waals surface area contributed by atoms with Crippen LogP contribution in [0.3, 0.4) is 0 Å². The Morgan fingerprint density at radius 3 is 2.94 bits per heavy atom. The summed E-state index contributed by atoms with van der Waals surface area (Å²) in [5, 5.41) is 3.88. The minimum Gasteiger partial charge on any atom is -0.367 e. The highest BCUT2D eigenvalue weighted by molar-refractivity contribution is 5.75. The first kappa shape index (κ1) is 10.9. The fraction of sp³-hybridized carbons (Fsp3) is 0.700. The Kier molecular flexibility index (Phi) is 2.80. The lowest BCUT2D eigenvalue weighted by Crippen LogP contribution is -2.32. The van der Waals surface area contributed by atoms with Crippen molar-refractivity contribution in [1.82, 2.24) is 19.7 Å². The minimum atomic E-state index is 0.0454. The highest BCUT2D eigenvalue weighted by Crippen LogP contribution is 2.37. The van der Waals surface area contributed by atoms with E-state index in [1.165, 1.54) is 17.4 Å². The highest BCUT2D eigenvalue weighted by Gasteiger charge is 2.34. The van der Waals surface area contributed by atoms with Gasteiger partial charge in [-0.1, -0.05) is 6.92 Å². The Labute approximate surface area is 94.4 Å². The van der Waals surface area contributed by atoms with Crippen molar-refractivity contribution in [1.29, 1.82) is 0 Å². The monoisotopic (exact) mass is 223 g/mol. The first-order valence-corrected chi connectivity index (χ1v) is 5.45. The molecule has 0 spiro atoms. The molecule has 2 atom stereocenters. The Hall–Kier alpha value is -1.59. The molecule has 0 aliphatic heterocycles. The van der Waals surface area contributed by atoms with Crippen LogP contribution in [0.25, 0.3) is 0 Å². The van der Waals surface area contributed by atoms with Crippen LogP contribution in [0.5, 0.6) is 0 Å². The summed E-state index contributed by atoms with van der Waals surface area (Å²) in [4.78, 5) is 17.3. The lowest BCUT2D eigenvalue weighted by molar-refractivity contribution is -0.131. The van der Waals surface area contributed by atoms with E-state index in [0.717, 1.165) is 12.5 Å². The van der Waals surface area contributed by atoms with Gasteiger partial charge in [0.25, 0.3) is 0 Å². The minimum absolute atomic E-state index is 0.0454. The Morgan fingerprint density at radius 1 is 1.75 bits per heavy atom. The second kappa shape index (κ2) is 4.11.